The molecule has 0 radical (unpaired) electrons. The third kappa shape index (κ3) is 15.8. The lowest BCUT2D eigenvalue weighted by Gasteiger charge is -2.18. The Morgan fingerprint density at radius 2 is 1.39 bits per heavy atom. The number of hydrogen-bond acceptors (Lipinski definition) is 3. The summed E-state index contributed by atoms with van der Waals surface area (Å²) in [6, 6.07) is 0. The molecule has 0 aliphatic carbocycles. The Kier molecular flexibility index (Phi) is 16.9. The van der Waals surface area contributed by atoms with E-state index in [1.165, 1.54) is 70.3 Å². The minimum Gasteiger partial charge on any atom is -0.460 e. The van der Waals surface area contributed by atoms with E-state index in [9.17, 15) is 4.79 Å². The molecular weight excluding hydrogens is 288 g/mol. The summed E-state index contributed by atoms with van der Waals surface area (Å²) >= 11 is 0. The average molecular weight is 327 g/mol. The maximum Gasteiger partial charge on any atom is 0.330 e. The molecule has 0 aliphatic heterocycles. The molecule has 3 nitrogen and oxygen atoms in total. The Morgan fingerprint density at radius 3 is 1.96 bits per heavy atom. The van der Waals surface area contributed by atoms with Crippen molar-refractivity contribution in [1.29, 1.82) is 0 Å². The van der Waals surface area contributed by atoms with Gasteiger partial charge in [0.2, 0.25) is 0 Å². The molecule has 0 rings (SSSR count). The second-order valence-corrected chi connectivity index (χ2v) is 6.27. The molecule has 0 bridgehead atoms. The van der Waals surface area contributed by atoms with Gasteiger partial charge >= 0.3 is 5.97 Å². The van der Waals surface area contributed by atoms with Crippen molar-refractivity contribution in [2.45, 2.75) is 97.0 Å². The molecule has 0 aliphatic rings. The number of esters is 1. The Morgan fingerprint density at radius 1 is 0.870 bits per heavy atom. The smallest absolute Gasteiger partial charge is 0.330 e. The van der Waals surface area contributed by atoms with Crippen LogP contribution in [0.2, 0.25) is 0 Å². The zero-order valence-corrected chi connectivity index (χ0v) is 15.5. The van der Waals surface area contributed by atoms with E-state index in [1.807, 2.05) is 0 Å². The first-order valence-corrected chi connectivity index (χ1v) is 9.65. The van der Waals surface area contributed by atoms with Gasteiger partial charge in [-0.05, 0) is 12.8 Å². The van der Waals surface area contributed by atoms with Crippen LogP contribution in [0, 0.1) is 0 Å². The van der Waals surface area contributed by atoms with Crippen molar-refractivity contribution in [3.05, 3.63) is 12.7 Å². The summed E-state index contributed by atoms with van der Waals surface area (Å²) in [5, 5.41) is 0. The summed E-state index contributed by atoms with van der Waals surface area (Å²) < 4.78 is 10.9. The zero-order valence-electron chi connectivity index (χ0n) is 15.5. The van der Waals surface area contributed by atoms with Gasteiger partial charge in [0.05, 0.1) is 12.7 Å². The molecule has 0 aromatic rings. The molecule has 23 heavy (non-hydrogen) atoms. The van der Waals surface area contributed by atoms with Crippen molar-refractivity contribution < 1.29 is 14.3 Å². The SMILES string of the molecule is C=CC(=O)OCCOC(CCCCCC)CCCCCCCC. The van der Waals surface area contributed by atoms with Crippen LogP contribution in [0.3, 0.4) is 0 Å². The van der Waals surface area contributed by atoms with Crippen molar-refractivity contribution in [2.24, 2.45) is 0 Å². The van der Waals surface area contributed by atoms with Gasteiger partial charge in [-0.1, -0.05) is 84.6 Å². The second-order valence-electron chi connectivity index (χ2n) is 6.27. The maximum absolute atomic E-state index is 11.0. The van der Waals surface area contributed by atoms with Gasteiger partial charge in [-0.3, -0.25) is 0 Å². The van der Waals surface area contributed by atoms with Gasteiger partial charge in [0, 0.05) is 6.08 Å². The van der Waals surface area contributed by atoms with Crippen LogP contribution in [0.1, 0.15) is 90.9 Å². The van der Waals surface area contributed by atoms with E-state index in [-0.39, 0.29) is 5.97 Å². The van der Waals surface area contributed by atoms with Gasteiger partial charge in [0.1, 0.15) is 6.61 Å². The van der Waals surface area contributed by atoms with Crippen molar-refractivity contribution in [1.82, 2.24) is 0 Å². The van der Waals surface area contributed by atoms with Gasteiger partial charge in [-0.15, -0.1) is 0 Å². The Labute approximate surface area is 143 Å². The molecule has 0 aromatic heterocycles. The summed E-state index contributed by atoms with van der Waals surface area (Å²) in [6.45, 7) is 8.69. The van der Waals surface area contributed by atoms with Gasteiger partial charge in [0.25, 0.3) is 0 Å². The first-order valence-electron chi connectivity index (χ1n) is 9.65. The highest BCUT2D eigenvalue weighted by Crippen LogP contribution is 2.16. The topological polar surface area (TPSA) is 35.5 Å². The highest BCUT2D eigenvalue weighted by atomic mass is 16.6. The molecule has 1 atom stereocenters. The molecule has 136 valence electrons. The Hall–Kier alpha value is -0.830. The standard InChI is InChI=1S/C20H38O3/c1-4-7-9-11-12-14-16-19(15-13-10-8-5-2)22-17-18-23-20(21)6-3/h6,19H,3-5,7-18H2,1-2H3. The van der Waals surface area contributed by atoms with E-state index in [4.69, 9.17) is 9.47 Å². The largest absolute Gasteiger partial charge is 0.460 e. The highest BCUT2D eigenvalue weighted by molar-refractivity contribution is 5.81. The number of carbonyl (C=O) groups is 1. The fourth-order valence-corrected chi connectivity index (χ4v) is 2.68. The number of hydrogen-bond donors (Lipinski definition) is 0. The predicted molar refractivity (Wildman–Crippen MR) is 97.6 cm³/mol. The van der Waals surface area contributed by atoms with E-state index in [1.54, 1.807) is 0 Å². The van der Waals surface area contributed by atoms with Crippen LogP contribution in [0.15, 0.2) is 12.7 Å². The predicted octanol–water partition coefficient (Wildman–Crippen LogP) is 5.82. The first kappa shape index (κ1) is 22.2. The normalized spacial score (nSPS) is 12.1. The molecule has 0 saturated carbocycles. The molecule has 0 amide bonds. The summed E-state index contributed by atoms with van der Waals surface area (Å²) in [7, 11) is 0. The number of rotatable bonds is 17. The van der Waals surface area contributed by atoms with Crippen LogP contribution in [0.4, 0.5) is 0 Å². The highest BCUT2D eigenvalue weighted by Gasteiger charge is 2.09. The van der Waals surface area contributed by atoms with Crippen LogP contribution >= 0.6 is 0 Å². The number of carbonyl (C=O) groups excluding carboxylic acids is 1. The third-order valence-electron chi connectivity index (χ3n) is 4.11. The molecule has 3 heteroatoms. The Bertz CT molecular complexity index is 276. The van der Waals surface area contributed by atoms with Crippen LogP contribution in [-0.4, -0.2) is 25.3 Å². The van der Waals surface area contributed by atoms with Gasteiger partial charge in [-0.25, -0.2) is 4.79 Å². The zero-order chi connectivity index (χ0) is 17.2. The van der Waals surface area contributed by atoms with Crippen LogP contribution in [0.25, 0.3) is 0 Å². The third-order valence-corrected chi connectivity index (χ3v) is 4.11. The van der Waals surface area contributed by atoms with Crippen LogP contribution in [-0.2, 0) is 14.3 Å². The molecule has 0 spiro atoms. The lowest BCUT2D eigenvalue weighted by atomic mass is 10.0. The first-order chi connectivity index (χ1) is 11.2. The summed E-state index contributed by atoms with van der Waals surface area (Å²) in [5.74, 6) is -0.371. The lowest BCUT2D eigenvalue weighted by molar-refractivity contribution is -0.140. The molecule has 1 unspecified atom stereocenters. The molecule has 0 aromatic carbocycles. The van der Waals surface area contributed by atoms with Crippen LogP contribution < -0.4 is 0 Å². The lowest BCUT2D eigenvalue weighted by Crippen LogP contribution is -2.17. The van der Waals surface area contributed by atoms with E-state index in [2.05, 4.69) is 20.4 Å². The van der Waals surface area contributed by atoms with Gasteiger partial charge in [0.15, 0.2) is 0 Å². The quantitative estimate of drug-likeness (QED) is 0.192. The maximum atomic E-state index is 11.0. The fourth-order valence-electron chi connectivity index (χ4n) is 2.68. The molecule has 0 saturated heterocycles. The van der Waals surface area contributed by atoms with Crippen molar-refractivity contribution in [2.75, 3.05) is 13.2 Å². The van der Waals surface area contributed by atoms with E-state index >= 15 is 0 Å². The monoisotopic (exact) mass is 326 g/mol. The van der Waals surface area contributed by atoms with Crippen molar-refractivity contribution >= 4 is 5.97 Å². The molecule has 0 heterocycles. The number of unbranched alkanes of at least 4 members (excludes halogenated alkanes) is 8. The van der Waals surface area contributed by atoms with Gasteiger partial charge in [-0.2, -0.15) is 0 Å². The van der Waals surface area contributed by atoms with E-state index < -0.39 is 0 Å². The van der Waals surface area contributed by atoms with Crippen molar-refractivity contribution in [3.8, 4) is 0 Å². The summed E-state index contributed by atoms with van der Waals surface area (Å²) in [6.07, 6.45) is 16.8. The molecular formula is C20H38O3. The van der Waals surface area contributed by atoms with E-state index in [0.29, 0.717) is 19.3 Å². The summed E-state index contributed by atoms with van der Waals surface area (Å²) in [4.78, 5) is 11.0. The van der Waals surface area contributed by atoms with E-state index in [0.717, 1.165) is 12.8 Å². The summed E-state index contributed by atoms with van der Waals surface area (Å²) in [5.41, 5.74) is 0. The number of ether oxygens (including phenoxy) is 2. The van der Waals surface area contributed by atoms with Crippen molar-refractivity contribution in [3.63, 3.8) is 0 Å². The minimum absolute atomic E-state index is 0.320. The second kappa shape index (κ2) is 17.5. The molecule has 0 N–H and O–H groups in total. The Balaban J connectivity index is 3.83. The van der Waals surface area contributed by atoms with Crippen LogP contribution in [0.5, 0.6) is 0 Å². The molecule has 0 fully saturated rings. The minimum atomic E-state index is -0.371. The van der Waals surface area contributed by atoms with Gasteiger partial charge < -0.3 is 9.47 Å². The fraction of sp³-hybridized carbons (Fsp3) is 0.850. The average Bonchev–Trinajstić information content (AvgIpc) is 2.57.